The van der Waals surface area contributed by atoms with Crippen molar-refractivity contribution in [3.8, 4) is 0 Å². The van der Waals surface area contributed by atoms with Gasteiger partial charge in [0.05, 0.1) is 18.4 Å². The number of aliphatic imine (C=N–C) groups is 1. The van der Waals surface area contributed by atoms with Gasteiger partial charge in [0.15, 0.2) is 0 Å². The van der Waals surface area contributed by atoms with Crippen molar-refractivity contribution < 1.29 is 19.1 Å². The molecule has 0 saturated heterocycles. The summed E-state index contributed by atoms with van der Waals surface area (Å²) < 4.78 is 10.5. The van der Waals surface area contributed by atoms with E-state index in [4.69, 9.17) is 9.47 Å². The molecule has 3 unspecified atom stereocenters. The molecule has 0 fully saturated rings. The molecular weight excluding hydrogens is 318 g/mol. The Bertz CT molecular complexity index is 786. The Balaban J connectivity index is 2.25. The van der Waals surface area contributed by atoms with Crippen LogP contribution in [0.1, 0.15) is 42.9 Å². The number of esters is 2. The van der Waals surface area contributed by atoms with Crippen molar-refractivity contribution >= 4 is 17.7 Å². The van der Waals surface area contributed by atoms with Gasteiger partial charge in [0.2, 0.25) is 0 Å². The number of carbonyl (C=O) groups is 2. The molecule has 2 heterocycles. The van der Waals surface area contributed by atoms with Crippen molar-refractivity contribution in [2.45, 2.75) is 46.1 Å². The number of aryl methyl sites for hydroxylation is 2. The standard InChI is InChI=1S/C20H23NO4/c1-6-14-16(19(22)24-5)15(13-8-10(2)7-11(3)9-13)17-18(21-14)12(4)25-20(17)23/h7-9,12,15-16H,6H2,1-5H3. The van der Waals surface area contributed by atoms with Crippen molar-refractivity contribution in [1.29, 1.82) is 0 Å². The molecule has 5 heteroatoms. The third-order valence-electron chi connectivity index (χ3n) is 4.85. The predicted octanol–water partition coefficient (Wildman–Crippen LogP) is 3.24. The molecule has 0 radical (unpaired) electrons. The highest BCUT2D eigenvalue weighted by Gasteiger charge is 2.47. The number of methoxy groups -OCH3 is 1. The van der Waals surface area contributed by atoms with Crippen molar-refractivity contribution in [2.24, 2.45) is 10.9 Å². The van der Waals surface area contributed by atoms with Gasteiger partial charge < -0.3 is 9.47 Å². The monoisotopic (exact) mass is 341 g/mol. The largest absolute Gasteiger partial charge is 0.468 e. The highest BCUT2D eigenvalue weighted by molar-refractivity contribution is 6.08. The number of ether oxygens (including phenoxy) is 2. The minimum atomic E-state index is -0.604. The van der Waals surface area contributed by atoms with Crippen molar-refractivity contribution in [1.82, 2.24) is 0 Å². The summed E-state index contributed by atoms with van der Waals surface area (Å²) in [6.45, 7) is 7.79. The molecule has 1 aromatic rings. The van der Waals surface area contributed by atoms with E-state index in [-0.39, 0.29) is 11.9 Å². The number of rotatable bonds is 3. The number of nitrogens with zero attached hydrogens (tertiary/aromatic N) is 1. The number of cyclic esters (lactones) is 1. The fourth-order valence-electron chi connectivity index (χ4n) is 3.87. The maximum absolute atomic E-state index is 12.6. The van der Waals surface area contributed by atoms with Crippen LogP contribution in [-0.2, 0) is 19.1 Å². The van der Waals surface area contributed by atoms with Crippen LogP contribution >= 0.6 is 0 Å². The Morgan fingerprint density at radius 2 is 1.88 bits per heavy atom. The summed E-state index contributed by atoms with van der Waals surface area (Å²) >= 11 is 0. The van der Waals surface area contributed by atoms with Gasteiger partial charge in [-0.3, -0.25) is 9.79 Å². The van der Waals surface area contributed by atoms with Crippen LogP contribution in [0, 0.1) is 19.8 Å². The molecule has 1 aromatic carbocycles. The third-order valence-corrected chi connectivity index (χ3v) is 4.85. The Labute approximate surface area is 147 Å². The SMILES string of the molecule is CCC1=NC2=C(C(=O)OC2C)C(c2cc(C)cc(C)c2)C1C(=O)OC. The van der Waals surface area contributed by atoms with Crippen LogP contribution in [0.5, 0.6) is 0 Å². The minimum Gasteiger partial charge on any atom is -0.468 e. The summed E-state index contributed by atoms with van der Waals surface area (Å²) in [6, 6.07) is 6.11. The lowest BCUT2D eigenvalue weighted by atomic mass is 9.74. The average molecular weight is 341 g/mol. The second kappa shape index (κ2) is 6.47. The van der Waals surface area contributed by atoms with Crippen molar-refractivity contribution in [3.63, 3.8) is 0 Å². The quantitative estimate of drug-likeness (QED) is 0.792. The van der Waals surface area contributed by atoms with E-state index in [0.29, 0.717) is 17.7 Å². The van der Waals surface area contributed by atoms with Crippen LogP contribution in [0.3, 0.4) is 0 Å². The lowest BCUT2D eigenvalue weighted by Crippen LogP contribution is -2.36. The zero-order valence-electron chi connectivity index (χ0n) is 15.3. The van der Waals surface area contributed by atoms with E-state index >= 15 is 0 Å². The zero-order chi connectivity index (χ0) is 18.3. The second-order valence-corrected chi connectivity index (χ2v) is 6.70. The summed E-state index contributed by atoms with van der Waals surface area (Å²) in [5.41, 5.74) is 4.96. The van der Waals surface area contributed by atoms with Crippen LogP contribution < -0.4 is 0 Å². The molecule has 0 aliphatic carbocycles. The first-order valence-corrected chi connectivity index (χ1v) is 8.55. The second-order valence-electron chi connectivity index (χ2n) is 6.70. The molecule has 0 aromatic heterocycles. The normalized spacial score (nSPS) is 25.4. The van der Waals surface area contributed by atoms with E-state index in [0.717, 1.165) is 22.4 Å². The number of carbonyl (C=O) groups excluding carboxylic acids is 2. The van der Waals surface area contributed by atoms with Crippen LogP contribution in [-0.4, -0.2) is 30.9 Å². The van der Waals surface area contributed by atoms with Gasteiger partial charge in [0.25, 0.3) is 0 Å². The Morgan fingerprint density at radius 3 is 2.44 bits per heavy atom. The van der Waals surface area contributed by atoms with Gasteiger partial charge in [-0.2, -0.15) is 0 Å². The number of hydrogen-bond donors (Lipinski definition) is 0. The molecule has 2 aliphatic heterocycles. The highest BCUT2D eigenvalue weighted by atomic mass is 16.5. The molecule has 0 amide bonds. The molecule has 132 valence electrons. The number of benzene rings is 1. The Kier molecular flexibility index (Phi) is 4.50. The topological polar surface area (TPSA) is 65.0 Å². The molecular formula is C20H23NO4. The lowest BCUT2D eigenvalue weighted by molar-refractivity contribution is -0.143. The van der Waals surface area contributed by atoms with Gasteiger partial charge in [-0.1, -0.05) is 36.2 Å². The van der Waals surface area contributed by atoms with Crippen LogP contribution in [0.2, 0.25) is 0 Å². The van der Waals surface area contributed by atoms with Crippen LogP contribution in [0.15, 0.2) is 34.5 Å². The third kappa shape index (κ3) is 2.88. The van der Waals surface area contributed by atoms with E-state index in [1.165, 1.54) is 7.11 Å². The smallest absolute Gasteiger partial charge is 0.337 e. The molecule has 3 atom stereocenters. The zero-order valence-corrected chi connectivity index (χ0v) is 15.3. The molecule has 0 saturated carbocycles. The van der Waals surface area contributed by atoms with E-state index in [1.54, 1.807) is 0 Å². The average Bonchev–Trinajstić information content (AvgIpc) is 2.85. The summed E-state index contributed by atoms with van der Waals surface area (Å²) in [5, 5.41) is 0. The first-order chi connectivity index (χ1) is 11.9. The van der Waals surface area contributed by atoms with Gasteiger partial charge in [-0.25, -0.2) is 4.79 Å². The Morgan fingerprint density at radius 1 is 1.24 bits per heavy atom. The van der Waals surface area contributed by atoms with E-state index in [9.17, 15) is 9.59 Å². The Hall–Kier alpha value is -2.43. The predicted molar refractivity (Wildman–Crippen MR) is 94.5 cm³/mol. The fraction of sp³-hybridized carbons (Fsp3) is 0.450. The van der Waals surface area contributed by atoms with Gasteiger partial charge in [0, 0.05) is 11.6 Å². The minimum absolute atomic E-state index is 0.372. The summed E-state index contributed by atoms with van der Waals surface area (Å²) in [7, 11) is 1.37. The maximum atomic E-state index is 12.6. The molecule has 5 nitrogen and oxygen atoms in total. The first kappa shape index (κ1) is 17.4. The van der Waals surface area contributed by atoms with Gasteiger partial charge >= 0.3 is 11.9 Å². The number of hydrogen-bond acceptors (Lipinski definition) is 5. The van der Waals surface area contributed by atoms with E-state index < -0.39 is 17.9 Å². The van der Waals surface area contributed by atoms with Crippen LogP contribution in [0.4, 0.5) is 0 Å². The van der Waals surface area contributed by atoms with Gasteiger partial charge in [-0.15, -0.1) is 0 Å². The molecule has 0 spiro atoms. The fourth-order valence-corrected chi connectivity index (χ4v) is 3.87. The highest BCUT2D eigenvalue weighted by Crippen LogP contribution is 2.45. The summed E-state index contributed by atoms with van der Waals surface area (Å²) in [6.07, 6.45) is 0.217. The van der Waals surface area contributed by atoms with Gasteiger partial charge in [0.1, 0.15) is 12.0 Å². The summed E-state index contributed by atoms with van der Waals surface area (Å²) in [5.74, 6) is -1.79. The molecule has 25 heavy (non-hydrogen) atoms. The lowest BCUT2D eigenvalue weighted by Gasteiger charge is -2.30. The summed E-state index contributed by atoms with van der Waals surface area (Å²) in [4.78, 5) is 29.7. The first-order valence-electron chi connectivity index (χ1n) is 8.55. The van der Waals surface area contributed by atoms with E-state index in [1.807, 2.05) is 39.8 Å². The molecule has 2 aliphatic rings. The molecule has 0 bridgehead atoms. The van der Waals surface area contributed by atoms with E-state index in [2.05, 4.69) is 11.1 Å². The maximum Gasteiger partial charge on any atom is 0.337 e. The molecule has 0 N–H and O–H groups in total. The van der Waals surface area contributed by atoms with Crippen molar-refractivity contribution in [3.05, 3.63) is 46.2 Å². The van der Waals surface area contributed by atoms with Gasteiger partial charge in [-0.05, 0) is 32.8 Å². The molecule has 3 rings (SSSR count). The van der Waals surface area contributed by atoms with Crippen molar-refractivity contribution in [2.75, 3.05) is 7.11 Å². The van der Waals surface area contributed by atoms with Crippen LogP contribution in [0.25, 0.3) is 0 Å².